The van der Waals surface area contributed by atoms with Gasteiger partial charge in [-0.25, -0.2) is 0 Å². The second kappa shape index (κ2) is 6.83. The molecule has 1 fully saturated rings. The monoisotopic (exact) mass is 287 g/mol. The molecule has 0 saturated carbocycles. The topological polar surface area (TPSA) is 51.4 Å². The maximum Gasteiger partial charge on any atom is 0.223 e. The van der Waals surface area contributed by atoms with Crippen molar-refractivity contribution in [1.82, 2.24) is 15.0 Å². The average Bonchev–Trinajstić information content (AvgIpc) is 2.92. The molecular weight excluding hydrogens is 266 g/mol. The lowest BCUT2D eigenvalue weighted by Crippen LogP contribution is -2.42. The van der Waals surface area contributed by atoms with Gasteiger partial charge in [0.15, 0.2) is 5.82 Å². The minimum atomic E-state index is 0.284. The van der Waals surface area contributed by atoms with Gasteiger partial charge in [-0.2, -0.15) is 4.98 Å². The third-order valence-electron chi connectivity index (χ3n) is 3.76. The molecule has 5 heteroatoms. The maximum absolute atomic E-state index is 5.87. The van der Waals surface area contributed by atoms with Crippen LogP contribution in [0.1, 0.15) is 23.7 Å². The molecule has 3 rings (SSSR count). The zero-order valence-electron chi connectivity index (χ0n) is 12.4. The summed E-state index contributed by atoms with van der Waals surface area (Å²) in [6.07, 6.45) is 2.39. The molecule has 1 aromatic heterocycles. The van der Waals surface area contributed by atoms with E-state index in [1.54, 1.807) is 0 Å². The summed E-state index contributed by atoms with van der Waals surface area (Å²) < 4.78 is 10.9. The predicted octanol–water partition coefficient (Wildman–Crippen LogP) is 2.21. The molecule has 1 saturated heterocycles. The third kappa shape index (κ3) is 4.12. The number of ether oxygens (including phenoxy) is 1. The van der Waals surface area contributed by atoms with Crippen LogP contribution < -0.4 is 0 Å². The van der Waals surface area contributed by atoms with Gasteiger partial charge in [0.2, 0.25) is 5.89 Å². The summed E-state index contributed by atoms with van der Waals surface area (Å²) in [7, 11) is 0. The van der Waals surface area contributed by atoms with Gasteiger partial charge in [-0.05, 0) is 18.4 Å². The lowest BCUT2D eigenvalue weighted by atomic mass is 10.1. The molecule has 112 valence electrons. The highest BCUT2D eigenvalue weighted by Crippen LogP contribution is 2.14. The van der Waals surface area contributed by atoms with Crippen LogP contribution in [0, 0.1) is 6.92 Å². The predicted molar refractivity (Wildman–Crippen MR) is 78.8 cm³/mol. The van der Waals surface area contributed by atoms with Crippen molar-refractivity contribution in [3.63, 3.8) is 0 Å². The standard InChI is InChI=1S/C16H21N3O2/c1-13-17-16(18-21-13)12-19-9-10-20-15(11-19)8-7-14-5-3-2-4-6-14/h2-6,15H,7-12H2,1H3. The Hall–Kier alpha value is -1.72. The molecule has 1 aliphatic heterocycles. The normalized spacial score (nSPS) is 19.8. The number of nitrogens with zero attached hydrogens (tertiary/aromatic N) is 3. The van der Waals surface area contributed by atoms with Crippen molar-refractivity contribution >= 4 is 0 Å². The Morgan fingerprint density at radius 2 is 2.14 bits per heavy atom. The number of hydrogen-bond donors (Lipinski definition) is 0. The molecule has 1 aromatic carbocycles. The molecule has 0 aliphatic carbocycles. The lowest BCUT2D eigenvalue weighted by molar-refractivity contribution is -0.0354. The zero-order chi connectivity index (χ0) is 14.5. The van der Waals surface area contributed by atoms with Crippen molar-refractivity contribution in [3.8, 4) is 0 Å². The van der Waals surface area contributed by atoms with Crippen molar-refractivity contribution in [2.75, 3.05) is 19.7 Å². The fraction of sp³-hybridized carbons (Fsp3) is 0.500. The van der Waals surface area contributed by atoms with E-state index in [-0.39, 0.29) is 6.10 Å². The third-order valence-corrected chi connectivity index (χ3v) is 3.76. The first-order valence-corrected chi connectivity index (χ1v) is 7.46. The summed E-state index contributed by atoms with van der Waals surface area (Å²) in [4.78, 5) is 6.60. The zero-order valence-corrected chi connectivity index (χ0v) is 12.4. The number of hydrogen-bond acceptors (Lipinski definition) is 5. The second-order valence-electron chi connectivity index (χ2n) is 5.48. The highest BCUT2D eigenvalue weighted by molar-refractivity contribution is 5.14. The Morgan fingerprint density at radius 3 is 2.90 bits per heavy atom. The minimum absolute atomic E-state index is 0.284. The summed E-state index contributed by atoms with van der Waals surface area (Å²) >= 11 is 0. The fourth-order valence-corrected chi connectivity index (χ4v) is 2.68. The smallest absolute Gasteiger partial charge is 0.223 e. The quantitative estimate of drug-likeness (QED) is 0.844. The fourth-order valence-electron chi connectivity index (χ4n) is 2.68. The van der Waals surface area contributed by atoms with E-state index in [0.29, 0.717) is 5.89 Å². The van der Waals surface area contributed by atoms with Crippen molar-refractivity contribution in [2.45, 2.75) is 32.4 Å². The van der Waals surface area contributed by atoms with Gasteiger partial charge in [-0.1, -0.05) is 35.5 Å². The first kappa shape index (κ1) is 14.2. The Bertz CT molecular complexity index is 556. The minimum Gasteiger partial charge on any atom is -0.376 e. The molecule has 0 spiro atoms. The van der Waals surface area contributed by atoms with Gasteiger partial charge in [-0.15, -0.1) is 0 Å². The van der Waals surface area contributed by atoms with Gasteiger partial charge in [-0.3, -0.25) is 4.90 Å². The Labute approximate surface area is 124 Å². The van der Waals surface area contributed by atoms with Gasteiger partial charge >= 0.3 is 0 Å². The number of benzene rings is 1. The molecule has 1 unspecified atom stereocenters. The molecular formula is C16H21N3O2. The van der Waals surface area contributed by atoms with Gasteiger partial charge in [0.05, 0.1) is 19.3 Å². The molecule has 0 bridgehead atoms. The van der Waals surface area contributed by atoms with Crippen LogP contribution in [0.25, 0.3) is 0 Å². The van der Waals surface area contributed by atoms with E-state index >= 15 is 0 Å². The molecule has 0 N–H and O–H groups in total. The summed E-state index contributed by atoms with van der Waals surface area (Å²) in [6.45, 7) is 5.19. The average molecular weight is 287 g/mol. The number of aromatic nitrogens is 2. The maximum atomic E-state index is 5.87. The van der Waals surface area contributed by atoms with E-state index in [0.717, 1.165) is 44.9 Å². The van der Waals surface area contributed by atoms with E-state index in [4.69, 9.17) is 9.26 Å². The van der Waals surface area contributed by atoms with E-state index in [9.17, 15) is 0 Å². The first-order chi connectivity index (χ1) is 10.3. The lowest BCUT2D eigenvalue weighted by Gasteiger charge is -2.32. The molecule has 0 radical (unpaired) electrons. The van der Waals surface area contributed by atoms with Crippen LogP contribution in [0.3, 0.4) is 0 Å². The number of rotatable bonds is 5. The molecule has 21 heavy (non-hydrogen) atoms. The second-order valence-corrected chi connectivity index (χ2v) is 5.48. The van der Waals surface area contributed by atoms with Crippen molar-refractivity contribution < 1.29 is 9.26 Å². The van der Waals surface area contributed by atoms with Crippen LogP contribution in [0.4, 0.5) is 0 Å². The van der Waals surface area contributed by atoms with E-state index in [2.05, 4.69) is 45.4 Å². The van der Waals surface area contributed by atoms with Crippen LogP contribution >= 0.6 is 0 Å². The van der Waals surface area contributed by atoms with Gasteiger partial charge in [0, 0.05) is 20.0 Å². The van der Waals surface area contributed by atoms with Crippen LogP contribution in [-0.2, 0) is 17.7 Å². The highest BCUT2D eigenvalue weighted by atomic mass is 16.5. The van der Waals surface area contributed by atoms with Crippen LogP contribution in [0.5, 0.6) is 0 Å². The van der Waals surface area contributed by atoms with E-state index in [1.807, 2.05) is 6.92 Å². The van der Waals surface area contributed by atoms with Crippen LogP contribution in [0.2, 0.25) is 0 Å². The highest BCUT2D eigenvalue weighted by Gasteiger charge is 2.21. The molecule has 0 amide bonds. The van der Waals surface area contributed by atoms with Crippen molar-refractivity contribution in [1.29, 1.82) is 0 Å². The molecule has 5 nitrogen and oxygen atoms in total. The largest absolute Gasteiger partial charge is 0.376 e. The Morgan fingerprint density at radius 1 is 1.29 bits per heavy atom. The molecule has 2 aromatic rings. The van der Waals surface area contributed by atoms with Crippen molar-refractivity contribution in [3.05, 3.63) is 47.6 Å². The summed E-state index contributed by atoms with van der Waals surface area (Å²) in [6, 6.07) is 10.6. The van der Waals surface area contributed by atoms with E-state index < -0.39 is 0 Å². The van der Waals surface area contributed by atoms with Crippen molar-refractivity contribution in [2.24, 2.45) is 0 Å². The van der Waals surface area contributed by atoms with Gasteiger partial charge < -0.3 is 9.26 Å². The first-order valence-electron chi connectivity index (χ1n) is 7.46. The summed E-state index contributed by atoms with van der Waals surface area (Å²) in [5.74, 6) is 1.38. The molecule has 1 atom stereocenters. The van der Waals surface area contributed by atoms with Crippen LogP contribution in [-0.4, -0.2) is 40.8 Å². The van der Waals surface area contributed by atoms with E-state index in [1.165, 1.54) is 5.56 Å². The summed E-state index contributed by atoms with van der Waals surface area (Å²) in [5, 5.41) is 3.96. The number of aryl methyl sites for hydroxylation is 2. The summed E-state index contributed by atoms with van der Waals surface area (Å²) in [5.41, 5.74) is 1.37. The Kier molecular flexibility index (Phi) is 4.62. The SMILES string of the molecule is Cc1nc(CN2CCOC(CCc3ccccc3)C2)no1. The number of morpholine rings is 1. The van der Waals surface area contributed by atoms with Gasteiger partial charge in [0.25, 0.3) is 0 Å². The Balaban J connectivity index is 1.49. The van der Waals surface area contributed by atoms with Gasteiger partial charge in [0.1, 0.15) is 0 Å². The molecule has 1 aliphatic rings. The van der Waals surface area contributed by atoms with Crippen LogP contribution in [0.15, 0.2) is 34.9 Å². The molecule has 2 heterocycles.